The van der Waals surface area contributed by atoms with E-state index in [0.29, 0.717) is 10.8 Å². The SMILES string of the molecule is O=C(CSc1nnc(-c2ccc([N+](=O)[O-])cc2)o1)NC1CCCCC1. The zero-order valence-corrected chi connectivity index (χ0v) is 14.3. The molecule has 1 fully saturated rings. The van der Waals surface area contributed by atoms with Crippen LogP contribution in [0, 0.1) is 10.1 Å². The molecule has 1 aromatic heterocycles. The van der Waals surface area contributed by atoms with Crippen molar-refractivity contribution in [2.24, 2.45) is 0 Å². The highest BCUT2D eigenvalue weighted by Gasteiger charge is 2.17. The highest BCUT2D eigenvalue weighted by Crippen LogP contribution is 2.25. The molecule has 0 atom stereocenters. The lowest BCUT2D eigenvalue weighted by Crippen LogP contribution is -2.37. The van der Waals surface area contributed by atoms with Gasteiger partial charge in [-0.15, -0.1) is 10.2 Å². The van der Waals surface area contributed by atoms with Crippen molar-refractivity contribution < 1.29 is 14.1 Å². The number of non-ortho nitro benzene ring substituents is 1. The maximum Gasteiger partial charge on any atom is 0.277 e. The summed E-state index contributed by atoms with van der Waals surface area (Å²) >= 11 is 1.18. The van der Waals surface area contributed by atoms with Crippen LogP contribution in [0.25, 0.3) is 11.5 Å². The van der Waals surface area contributed by atoms with Crippen molar-refractivity contribution in [2.75, 3.05) is 5.75 Å². The number of nitrogens with one attached hydrogen (secondary N) is 1. The number of amides is 1. The molecule has 2 aromatic rings. The lowest BCUT2D eigenvalue weighted by Gasteiger charge is -2.22. The highest BCUT2D eigenvalue weighted by molar-refractivity contribution is 7.99. The van der Waals surface area contributed by atoms with Crippen molar-refractivity contribution in [1.29, 1.82) is 0 Å². The highest BCUT2D eigenvalue weighted by atomic mass is 32.2. The average molecular weight is 362 g/mol. The predicted octanol–water partition coefficient (Wildman–Crippen LogP) is 3.19. The number of thioether (sulfide) groups is 1. The molecular weight excluding hydrogens is 344 g/mol. The van der Waals surface area contributed by atoms with Crippen molar-refractivity contribution in [3.63, 3.8) is 0 Å². The molecule has 1 aliphatic rings. The number of nitrogens with zero attached hydrogens (tertiary/aromatic N) is 3. The average Bonchev–Trinajstić information content (AvgIpc) is 3.10. The van der Waals surface area contributed by atoms with Crippen LogP contribution in [0.15, 0.2) is 33.9 Å². The molecule has 1 aromatic carbocycles. The fourth-order valence-corrected chi connectivity index (χ4v) is 3.33. The first-order chi connectivity index (χ1) is 12.1. The molecule has 132 valence electrons. The smallest absolute Gasteiger partial charge is 0.277 e. The van der Waals surface area contributed by atoms with Crippen molar-refractivity contribution in [3.05, 3.63) is 34.4 Å². The molecule has 0 saturated heterocycles. The Balaban J connectivity index is 1.52. The third-order valence-corrected chi connectivity index (χ3v) is 4.85. The number of aromatic nitrogens is 2. The van der Waals surface area contributed by atoms with Crippen LogP contribution in [-0.4, -0.2) is 32.8 Å². The number of carbonyl (C=O) groups excluding carboxylic acids is 1. The van der Waals surface area contributed by atoms with E-state index in [2.05, 4.69) is 15.5 Å². The van der Waals surface area contributed by atoms with Crippen molar-refractivity contribution in [1.82, 2.24) is 15.5 Å². The summed E-state index contributed by atoms with van der Waals surface area (Å²) in [7, 11) is 0. The van der Waals surface area contributed by atoms with E-state index in [4.69, 9.17) is 4.42 Å². The second-order valence-electron chi connectivity index (χ2n) is 5.87. The molecule has 1 N–H and O–H groups in total. The summed E-state index contributed by atoms with van der Waals surface area (Å²) in [6.07, 6.45) is 5.66. The van der Waals surface area contributed by atoms with Crippen LogP contribution in [-0.2, 0) is 4.79 Å². The van der Waals surface area contributed by atoms with Crippen LogP contribution in [0.5, 0.6) is 0 Å². The minimum Gasteiger partial charge on any atom is -0.411 e. The van der Waals surface area contributed by atoms with Crippen molar-refractivity contribution in [2.45, 2.75) is 43.4 Å². The van der Waals surface area contributed by atoms with Crippen molar-refractivity contribution in [3.8, 4) is 11.5 Å². The number of rotatable bonds is 6. The van der Waals surface area contributed by atoms with E-state index in [1.807, 2.05) is 0 Å². The second kappa shape index (κ2) is 8.11. The second-order valence-corrected chi connectivity index (χ2v) is 6.79. The van der Waals surface area contributed by atoms with Gasteiger partial charge in [-0.25, -0.2) is 0 Å². The third-order valence-electron chi connectivity index (χ3n) is 4.03. The van der Waals surface area contributed by atoms with E-state index in [0.717, 1.165) is 12.8 Å². The Labute approximate surface area is 148 Å². The summed E-state index contributed by atoms with van der Waals surface area (Å²) in [5.74, 6) is 0.454. The van der Waals surface area contributed by atoms with Crippen molar-refractivity contribution >= 4 is 23.4 Å². The van der Waals surface area contributed by atoms with Gasteiger partial charge in [0, 0.05) is 23.7 Å². The van der Waals surface area contributed by atoms with Gasteiger partial charge in [0.1, 0.15) is 0 Å². The Hall–Kier alpha value is -2.42. The summed E-state index contributed by atoms with van der Waals surface area (Å²) < 4.78 is 5.50. The summed E-state index contributed by atoms with van der Waals surface area (Å²) in [5, 5.41) is 21.8. The number of benzene rings is 1. The number of hydrogen-bond acceptors (Lipinski definition) is 7. The monoisotopic (exact) mass is 362 g/mol. The van der Waals surface area contributed by atoms with Gasteiger partial charge in [0.15, 0.2) is 0 Å². The van der Waals surface area contributed by atoms with Gasteiger partial charge in [-0.05, 0) is 25.0 Å². The lowest BCUT2D eigenvalue weighted by atomic mass is 9.95. The molecule has 0 bridgehead atoms. The van der Waals surface area contributed by atoms with Crippen LogP contribution in [0.3, 0.4) is 0 Å². The van der Waals surface area contributed by atoms with Gasteiger partial charge < -0.3 is 9.73 Å². The van der Waals surface area contributed by atoms with Gasteiger partial charge >= 0.3 is 0 Å². The molecular formula is C16H18N4O4S. The normalized spacial score (nSPS) is 15.0. The third kappa shape index (κ3) is 4.79. The largest absolute Gasteiger partial charge is 0.411 e. The summed E-state index contributed by atoms with van der Waals surface area (Å²) in [4.78, 5) is 22.2. The van der Waals surface area contributed by atoms with E-state index in [1.165, 1.54) is 43.2 Å². The van der Waals surface area contributed by atoms with E-state index in [-0.39, 0.29) is 29.3 Å². The molecule has 0 unspecified atom stereocenters. The Bertz CT molecular complexity index is 741. The molecule has 0 radical (unpaired) electrons. The summed E-state index contributed by atoms with van der Waals surface area (Å²) in [5.41, 5.74) is 0.592. The minimum atomic E-state index is -0.468. The van der Waals surface area contributed by atoms with Gasteiger partial charge in [-0.2, -0.15) is 0 Å². The van der Waals surface area contributed by atoms with Gasteiger partial charge in [0.2, 0.25) is 11.8 Å². The van der Waals surface area contributed by atoms with E-state index >= 15 is 0 Å². The van der Waals surface area contributed by atoms with Crippen LogP contribution in [0.2, 0.25) is 0 Å². The first-order valence-electron chi connectivity index (χ1n) is 8.12. The molecule has 0 spiro atoms. The Morgan fingerprint density at radius 1 is 1.24 bits per heavy atom. The quantitative estimate of drug-likeness (QED) is 0.477. The molecule has 1 saturated carbocycles. The molecule has 8 nitrogen and oxygen atoms in total. The predicted molar refractivity (Wildman–Crippen MR) is 92.1 cm³/mol. The number of hydrogen-bond donors (Lipinski definition) is 1. The Kier molecular flexibility index (Phi) is 5.64. The first-order valence-corrected chi connectivity index (χ1v) is 9.11. The topological polar surface area (TPSA) is 111 Å². The Morgan fingerprint density at radius 3 is 2.64 bits per heavy atom. The van der Waals surface area contributed by atoms with Gasteiger partial charge in [-0.1, -0.05) is 31.0 Å². The molecule has 1 aliphatic carbocycles. The van der Waals surface area contributed by atoms with E-state index in [9.17, 15) is 14.9 Å². The van der Waals surface area contributed by atoms with Gasteiger partial charge in [-0.3, -0.25) is 14.9 Å². The zero-order valence-electron chi connectivity index (χ0n) is 13.5. The fourth-order valence-electron chi connectivity index (χ4n) is 2.75. The van der Waals surface area contributed by atoms with E-state index in [1.54, 1.807) is 12.1 Å². The standard InChI is InChI=1S/C16H18N4O4S/c21-14(17-12-4-2-1-3-5-12)10-25-16-19-18-15(24-16)11-6-8-13(9-7-11)20(22)23/h6-9,12H,1-5,10H2,(H,17,21). The molecule has 25 heavy (non-hydrogen) atoms. The Morgan fingerprint density at radius 2 is 1.96 bits per heavy atom. The molecule has 1 heterocycles. The molecule has 0 aliphatic heterocycles. The zero-order chi connectivity index (χ0) is 17.6. The number of carbonyl (C=O) groups is 1. The van der Waals surface area contributed by atoms with Gasteiger partial charge in [0.25, 0.3) is 10.9 Å². The summed E-state index contributed by atoms with van der Waals surface area (Å²) in [6.45, 7) is 0. The molecule has 9 heteroatoms. The lowest BCUT2D eigenvalue weighted by molar-refractivity contribution is -0.384. The number of nitro benzene ring substituents is 1. The molecule has 1 amide bonds. The van der Waals surface area contributed by atoms with Crippen LogP contribution in [0.4, 0.5) is 5.69 Å². The fraction of sp³-hybridized carbons (Fsp3) is 0.438. The first kappa shape index (κ1) is 17.4. The van der Waals surface area contributed by atoms with E-state index < -0.39 is 4.92 Å². The van der Waals surface area contributed by atoms with Crippen LogP contribution >= 0.6 is 11.8 Å². The minimum absolute atomic E-state index is 0.00255. The maximum absolute atomic E-state index is 12.0. The maximum atomic E-state index is 12.0. The van der Waals surface area contributed by atoms with Gasteiger partial charge in [0.05, 0.1) is 10.7 Å². The van der Waals surface area contributed by atoms with Crippen LogP contribution < -0.4 is 5.32 Å². The number of nitro groups is 1. The van der Waals surface area contributed by atoms with Crippen LogP contribution in [0.1, 0.15) is 32.1 Å². The summed E-state index contributed by atoms with van der Waals surface area (Å²) in [6, 6.07) is 6.14. The molecule has 3 rings (SSSR count).